The van der Waals surface area contributed by atoms with Gasteiger partial charge in [0.25, 0.3) is 0 Å². The summed E-state index contributed by atoms with van der Waals surface area (Å²) in [4.78, 5) is 4.47. The van der Waals surface area contributed by atoms with Crippen molar-refractivity contribution in [3.8, 4) is 5.75 Å². The van der Waals surface area contributed by atoms with Crippen LogP contribution in [-0.4, -0.2) is 57.8 Å². The van der Waals surface area contributed by atoms with Crippen molar-refractivity contribution >= 4 is 29.9 Å². The molecule has 6 nitrogen and oxygen atoms in total. The van der Waals surface area contributed by atoms with Gasteiger partial charge in [0, 0.05) is 31.9 Å². The molecule has 2 rings (SSSR count). The number of guanidine groups is 1. The van der Waals surface area contributed by atoms with E-state index in [1.807, 2.05) is 13.0 Å². The fraction of sp³-hybridized carbons (Fsp3) is 0.667. The molecule has 2 N–H and O–H groups in total. The zero-order valence-electron chi connectivity index (χ0n) is 18.1. The van der Waals surface area contributed by atoms with E-state index in [0.717, 1.165) is 31.4 Å². The molecule has 1 fully saturated rings. The second kappa shape index (κ2) is 14.7. The van der Waals surface area contributed by atoms with Crippen LogP contribution in [0.1, 0.15) is 37.3 Å². The summed E-state index contributed by atoms with van der Waals surface area (Å²) in [5.74, 6) is 0.799. The van der Waals surface area contributed by atoms with E-state index in [0.29, 0.717) is 37.8 Å². The van der Waals surface area contributed by atoms with Gasteiger partial charge in [-0.05, 0) is 44.7 Å². The number of halogens is 4. The normalized spacial score (nSPS) is 16.7. The van der Waals surface area contributed by atoms with Gasteiger partial charge in [-0.15, -0.1) is 24.0 Å². The third-order valence-corrected chi connectivity index (χ3v) is 4.45. The van der Waals surface area contributed by atoms with Crippen molar-refractivity contribution in [2.45, 2.75) is 51.9 Å². The quantitative estimate of drug-likeness (QED) is 0.184. The van der Waals surface area contributed by atoms with E-state index in [1.165, 1.54) is 0 Å². The number of alkyl halides is 3. The molecule has 0 amide bonds. The molecule has 0 saturated carbocycles. The number of aryl methyl sites for hydroxylation is 1. The van der Waals surface area contributed by atoms with Gasteiger partial charge in [0.1, 0.15) is 5.75 Å². The highest BCUT2D eigenvalue weighted by Gasteiger charge is 2.28. The summed E-state index contributed by atoms with van der Waals surface area (Å²) in [7, 11) is 0. The number of hydrogen-bond acceptors (Lipinski definition) is 4. The van der Waals surface area contributed by atoms with Crippen LogP contribution in [0.5, 0.6) is 5.75 Å². The topological polar surface area (TPSA) is 64.1 Å². The number of benzene rings is 1. The minimum atomic E-state index is -4.38. The second-order valence-electron chi connectivity index (χ2n) is 7.20. The van der Waals surface area contributed by atoms with Crippen molar-refractivity contribution < 1.29 is 27.4 Å². The minimum Gasteiger partial charge on any atom is -0.484 e. The first-order valence-electron chi connectivity index (χ1n) is 10.4. The summed E-state index contributed by atoms with van der Waals surface area (Å²) in [6.07, 6.45) is -1.19. The summed E-state index contributed by atoms with van der Waals surface area (Å²) < 4.78 is 53.7. The molecule has 0 bridgehead atoms. The van der Waals surface area contributed by atoms with Gasteiger partial charge in [-0.3, -0.25) is 0 Å². The Morgan fingerprint density at radius 3 is 2.77 bits per heavy atom. The van der Waals surface area contributed by atoms with Crippen LogP contribution in [-0.2, 0) is 16.0 Å². The molecular formula is C21H33F3IN3O3. The van der Waals surface area contributed by atoms with Crippen LogP contribution in [0.4, 0.5) is 13.2 Å². The molecule has 0 radical (unpaired) electrons. The van der Waals surface area contributed by atoms with Gasteiger partial charge >= 0.3 is 6.18 Å². The first kappa shape index (κ1) is 27.8. The molecule has 1 atom stereocenters. The Labute approximate surface area is 199 Å². The van der Waals surface area contributed by atoms with Crippen molar-refractivity contribution in [1.29, 1.82) is 0 Å². The highest BCUT2D eigenvalue weighted by Crippen LogP contribution is 2.24. The summed E-state index contributed by atoms with van der Waals surface area (Å²) in [6, 6.07) is 5.17. The number of nitrogens with one attached hydrogen (secondary N) is 2. The molecule has 1 aliphatic rings. The maximum absolute atomic E-state index is 12.5. The molecule has 1 aromatic rings. The summed E-state index contributed by atoms with van der Waals surface area (Å²) in [6.45, 7) is 6.06. The molecule has 1 unspecified atom stereocenters. The lowest BCUT2D eigenvalue weighted by molar-refractivity contribution is -0.153. The molecule has 178 valence electrons. The lowest BCUT2D eigenvalue weighted by Crippen LogP contribution is -2.38. The van der Waals surface area contributed by atoms with E-state index in [1.54, 1.807) is 19.1 Å². The molecule has 1 aromatic carbocycles. The van der Waals surface area contributed by atoms with E-state index in [4.69, 9.17) is 14.2 Å². The van der Waals surface area contributed by atoms with Gasteiger partial charge in [-0.1, -0.05) is 12.1 Å². The largest absolute Gasteiger partial charge is 0.484 e. The van der Waals surface area contributed by atoms with Crippen molar-refractivity contribution in [3.05, 3.63) is 29.3 Å². The van der Waals surface area contributed by atoms with Crippen molar-refractivity contribution in [2.75, 3.05) is 39.5 Å². The zero-order chi connectivity index (χ0) is 21.8. The van der Waals surface area contributed by atoms with Crippen LogP contribution in [0.25, 0.3) is 0 Å². The fourth-order valence-electron chi connectivity index (χ4n) is 2.96. The standard InChI is InChI=1S/C21H32F3N3O3.HI/c1-3-25-20(26-9-5-10-28-14-18-6-4-11-29-18)27-13-17-8-7-16(2)12-19(17)30-15-21(22,23)24;/h7-8,12,18H,3-6,9-11,13-15H2,1-2H3,(H2,25,26,27);1H. The summed E-state index contributed by atoms with van der Waals surface area (Å²) >= 11 is 0. The van der Waals surface area contributed by atoms with Gasteiger partial charge in [0.15, 0.2) is 12.6 Å². The average Bonchev–Trinajstić information content (AvgIpc) is 3.21. The van der Waals surface area contributed by atoms with Crippen LogP contribution < -0.4 is 15.4 Å². The molecule has 0 spiro atoms. The third-order valence-electron chi connectivity index (χ3n) is 4.45. The van der Waals surface area contributed by atoms with Gasteiger partial charge in [0.05, 0.1) is 19.3 Å². The zero-order valence-corrected chi connectivity index (χ0v) is 20.4. The molecule has 0 aliphatic carbocycles. The predicted octanol–water partition coefficient (Wildman–Crippen LogP) is 4.19. The van der Waals surface area contributed by atoms with Crippen LogP contribution >= 0.6 is 24.0 Å². The Kier molecular flexibility index (Phi) is 13.2. The Morgan fingerprint density at radius 2 is 2.10 bits per heavy atom. The van der Waals surface area contributed by atoms with Crippen LogP contribution in [0, 0.1) is 6.92 Å². The summed E-state index contributed by atoms with van der Waals surface area (Å²) in [5.41, 5.74) is 1.43. The van der Waals surface area contributed by atoms with Crippen LogP contribution in [0.3, 0.4) is 0 Å². The lowest BCUT2D eigenvalue weighted by atomic mass is 10.1. The molecule has 1 aliphatic heterocycles. The molecule has 10 heteroatoms. The number of ether oxygens (including phenoxy) is 3. The van der Waals surface area contributed by atoms with Gasteiger partial charge < -0.3 is 24.8 Å². The fourth-order valence-corrected chi connectivity index (χ4v) is 2.96. The summed E-state index contributed by atoms with van der Waals surface area (Å²) in [5, 5.41) is 6.35. The first-order valence-corrected chi connectivity index (χ1v) is 10.4. The predicted molar refractivity (Wildman–Crippen MR) is 125 cm³/mol. The molecule has 1 heterocycles. The highest BCUT2D eigenvalue weighted by atomic mass is 127. The number of nitrogens with zero attached hydrogens (tertiary/aromatic N) is 1. The Morgan fingerprint density at radius 1 is 1.29 bits per heavy atom. The first-order chi connectivity index (χ1) is 14.4. The van der Waals surface area contributed by atoms with E-state index in [-0.39, 0.29) is 42.4 Å². The molecule has 31 heavy (non-hydrogen) atoms. The van der Waals surface area contributed by atoms with E-state index in [2.05, 4.69) is 15.6 Å². The van der Waals surface area contributed by atoms with Crippen molar-refractivity contribution in [3.63, 3.8) is 0 Å². The molecule has 0 aromatic heterocycles. The third kappa shape index (κ3) is 11.8. The monoisotopic (exact) mass is 559 g/mol. The number of aliphatic imine (C=N–C) groups is 1. The van der Waals surface area contributed by atoms with Crippen molar-refractivity contribution in [2.24, 2.45) is 4.99 Å². The van der Waals surface area contributed by atoms with Gasteiger partial charge in [-0.2, -0.15) is 13.2 Å². The van der Waals surface area contributed by atoms with E-state index < -0.39 is 12.8 Å². The minimum absolute atomic E-state index is 0. The Bertz CT molecular complexity index is 669. The lowest BCUT2D eigenvalue weighted by Gasteiger charge is -2.15. The second-order valence-corrected chi connectivity index (χ2v) is 7.20. The average molecular weight is 559 g/mol. The molecule has 1 saturated heterocycles. The highest BCUT2D eigenvalue weighted by molar-refractivity contribution is 14.0. The number of rotatable bonds is 11. The number of hydrogen-bond donors (Lipinski definition) is 2. The Hall–Kier alpha value is -1.27. The Balaban J connectivity index is 0.00000480. The van der Waals surface area contributed by atoms with Gasteiger partial charge in [-0.25, -0.2) is 4.99 Å². The maximum Gasteiger partial charge on any atom is 0.422 e. The van der Waals surface area contributed by atoms with E-state index in [9.17, 15) is 13.2 Å². The van der Waals surface area contributed by atoms with Crippen molar-refractivity contribution in [1.82, 2.24) is 10.6 Å². The maximum atomic E-state index is 12.5. The smallest absolute Gasteiger partial charge is 0.422 e. The van der Waals surface area contributed by atoms with Crippen LogP contribution in [0.2, 0.25) is 0 Å². The van der Waals surface area contributed by atoms with Gasteiger partial charge in [0.2, 0.25) is 0 Å². The van der Waals surface area contributed by atoms with Crippen LogP contribution in [0.15, 0.2) is 23.2 Å². The van der Waals surface area contributed by atoms with E-state index >= 15 is 0 Å². The molecular weight excluding hydrogens is 526 g/mol. The SMILES string of the molecule is CCNC(=NCc1ccc(C)cc1OCC(F)(F)F)NCCCOCC1CCCO1.I.